The predicted molar refractivity (Wildman–Crippen MR) is 198 cm³/mol. The van der Waals surface area contributed by atoms with Gasteiger partial charge >= 0.3 is 5.97 Å². The molecule has 0 aromatic rings. The Balaban J connectivity index is 1.08. The van der Waals surface area contributed by atoms with Crippen LogP contribution in [0.5, 0.6) is 0 Å². The lowest BCUT2D eigenvalue weighted by molar-refractivity contribution is -0.378. The fourth-order valence-corrected chi connectivity index (χ4v) is 14.2. The first-order valence-electron chi connectivity index (χ1n) is 21.1. The largest absolute Gasteiger partial charge is 0.455 e. The summed E-state index contributed by atoms with van der Waals surface area (Å²) in [4.78, 5) is 13.7. The van der Waals surface area contributed by atoms with E-state index in [4.69, 9.17) is 23.7 Å². The Labute approximate surface area is 334 Å². The maximum atomic E-state index is 13.7. The van der Waals surface area contributed by atoms with E-state index in [0.29, 0.717) is 44.1 Å². The van der Waals surface area contributed by atoms with Crippen LogP contribution in [-0.4, -0.2) is 150 Å². The van der Waals surface area contributed by atoms with Gasteiger partial charge < -0.3 is 69.6 Å². The minimum atomic E-state index is -1.78. The Bertz CT molecular complexity index is 1630. The molecule has 0 radical (unpaired) electrons. The molecule has 9 rings (SSSR count). The summed E-state index contributed by atoms with van der Waals surface area (Å²) in [5, 5.41) is 98.2. The summed E-state index contributed by atoms with van der Waals surface area (Å²) < 4.78 is 30.3. The van der Waals surface area contributed by atoms with Crippen molar-refractivity contribution in [2.75, 3.05) is 13.2 Å². The zero-order chi connectivity index (χ0) is 41.6. The highest BCUT2D eigenvalue weighted by Gasteiger charge is 2.75. The van der Waals surface area contributed by atoms with Gasteiger partial charge in [0.05, 0.1) is 30.8 Å². The Morgan fingerprint density at radius 2 is 1.30 bits per heavy atom. The topological polar surface area (TPSA) is 245 Å². The summed E-state index contributed by atoms with van der Waals surface area (Å²) in [7, 11) is 0. The number of rotatable bonds is 6. The number of carbonyl (C=O) groups is 1. The van der Waals surface area contributed by atoms with Crippen molar-refractivity contribution in [3.05, 3.63) is 11.1 Å². The number of hydrogen-bond donors (Lipinski definition) is 9. The molecule has 2 bridgehead atoms. The number of aliphatic hydroxyl groups is 9. The summed E-state index contributed by atoms with van der Waals surface area (Å²) in [6.07, 6.45) is -10.8. The first kappa shape index (κ1) is 42.4. The van der Waals surface area contributed by atoms with Crippen molar-refractivity contribution in [1.29, 1.82) is 0 Å². The number of hydrogen-bond acceptors (Lipinski definition) is 15. The van der Waals surface area contributed by atoms with Crippen LogP contribution in [0.1, 0.15) is 106 Å². The summed E-state index contributed by atoms with van der Waals surface area (Å²) in [6.45, 7) is 13.5. The number of aliphatic hydroxyl groups excluding tert-OH is 8. The lowest BCUT2D eigenvalue weighted by Gasteiger charge is -2.73. The molecule has 4 saturated heterocycles. The van der Waals surface area contributed by atoms with E-state index in [1.54, 1.807) is 6.92 Å². The molecule has 1 spiro atoms. The maximum Gasteiger partial charge on any atom is 0.317 e. The van der Waals surface area contributed by atoms with Crippen LogP contribution in [0.25, 0.3) is 0 Å². The SMILES string of the molecule is CC1(C)[C@@H](O[C@@H]2O[C@H](CO)[C@@H](O)[C@H](O)[C@H]2O[C@@H]2O[C@H](CO)[C@@H](O)[C@H](O)[C@H]2O)CC[C@]2(C)[C@H]3C[C@@H](O)C4=C5[C@]6(CC[C@](C)(OC6=O)[C@@]5(C)O)CC[C@@]4(C)[C@]3(C)CC[C@@H]12. The highest BCUT2D eigenvalue weighted by Crippen LogP contribution is 2.77. The average molecular weight is 811 g/mol. The summed E-state index contributed by atoms with van der Waals surface area (Å²) >= 11 is 0. The molecule has 9 N–H and O–H groups in total. The first-order valence-corrected chi connectivity index (χ1v) is 21.1. The van der Waals surface area contributed by atoms with Gasteiger partial charge in [-0.3, -0.25) is 4.79 Å². The third-order valence-electron chi connectivity index (χ3n) is 18.0. The summed E-state index contributed by atoms with van der Waals surface area (Å²) in [5.41, 5.74) is -3.38. The first-order chi connectivity index (χ1) is 26.5. The highest BCUT2D eigenvalue weighted by atomic mass is 16.8. The molecular formula is C42H66O15. The fourth-order valence-electron chi connectivity index (χ4n) is 14.2. The molecule has 4 heterocycles. The van der Waals surface area contributed by atoms with Crippen molar-refractivity contribution in [3.63, 3.8) is 0 Å². The Morgan fingerprint density at radius 1 is 0.684 bits per heavy atom. The zero-order valence-corrected chi connectivity index (χ0v) is 34.3. The van der Waals surface area contributed by atoms with Gasteiger partial charge in [0.1, 0.15) is 60.0 Å². The molecule has 15 nitrogen and oxygen atoms in total. The summed E-state index contributed by atoms with van der Waals surface area (Å²) in [5.74, 6) is -0.0979. The molecule has 324 valence electrons. The third-order valence-corrected chi connectivity index (χ3v) is 18.0. The summed E-state index contributed by atoms with van der Waals surface area (Å²) in [6, 6.07) is 0. The second kappa shape index (κ2) is 13.6. The maximum absolute atomic E-state index is 13.7. The molecular weight excluding hydrogens is 744 g/mol. The Morgan fingerprint density at radius 3 is 1.93 bits per heavy atom. The van der Waals surface area contributed by atoms with Crippen LogP contribution in [0, 0.1) is 38.9 Å². The van der Waals surface area contributed by atoms with Crippen LogP contribution in [-0.2, 0) is 28.5 Å². The van der Waals surface area contributed by atoms with Gasteiger partial charge in [0.15, 0.2) is 12.6 Å². The second-order valence-corrected chi connectivity index (χ2v) is 20.7. The standard InChI is InChI=1S/C42H66O15/c1-36(2)22-8-11-38(4)23(16-19(45)25-32-41(7,52)40(6)13-15-42(32,35(51)57-40)14-12-39(25,38)5)37(22,3)10-9-24(36)55-34-31(29(49)27(47)21(18-44)54-34)56-33-30(50)28(48)26(46)20(17-43)53-33/h19-24,26-31,33-34,43-50,52H,8-18H2,1-7H3/t19-,20-,21-,22+,23-,24+,26-,27-,28+,29+,30-,31-,33+,34+,37+,38-,39-,40+,41+,42-/m1/s1. The van der Waals surface area contributed by atoms with Crippen molar-refractivity contribution in [2.24, 2.45) is 38.9 Å². The Hall–Kier alpha value is -1.31. The molecule has 0 aromatic heterocycles. The monoisotopic (exact) mass is 810 g/mol. The van der Waals surface area contributed by atoms with Crippen molar-refractivity contribution < 1.29 is 74.4 Å². The minimum Gasteiger partial charge on any atom is -0.455 e. The highest BCUT2D eigenvalue weighted by molar-refractivity contribution is 5.86. The van der Waals surface area contributed by atoms with Gasteiger partial charge in [-0.15, -0.1) is 0 Å². The molecule has 57 heavy (non-hydrogen) atoms. The van der Waals surface area contributed by atoms with E-state index >= 15 is 0 Å². The molecule has 9 aliphatic rings. The van der Waals surface area contributed by atoms with Crippen LogP contribution >= 0.6 is 0 Å². The van der Waals surface area contributed by atoms with Gasteiger partial charge in [0.2, 0.25) is 0 Å². The van der Waals surface area contributed by atoms with Gasteiger partial charge in [-0.05, 0) is 116 Å². The molecule has 15 heteroatoms. The molecule has 20 atom stereocenters. The van der Waals surface area contributed by atoms with E-state index in [1.165, 1.54) is 0 Å². The molecule has 0 amide bonds. The Kier molecular flexibility index (Phi) is 10.1. The second-order valence-electron chi connectivity index (χ2n) is 20.7. The van der Waals surface area contributed by atoms with Gasteiger partial charge in [-0.1, -0.05) is 34.6 Å². The number of fused-ring (bicyclic) bond motifs is 7. The quantitative estimate of drug-likeness (QED) is 0.101. The fraction of sp³-hybridized carbons (Fsp3) is 0.929. The molecule has 8 fully saturated rings. The molecule has 5 aliphatic carbocycles. The average Bonchev–Trinajstić information content (AvgIpc) is 3.14. The van der Waals surface area contributed by atoms with Gasteiger partial charge in [-0.2, -0.15) is 0 Å². The molecule has 4 saturated carbocycles. The van der Waals surface area contributed by atoms with E-state index in [-0.39, 0.29) is 28.6 Å². The van der Waals surface area contributed by atoms with Crippen LogP contribution in [0.3, 0.4) is 0 Å². The van der Waals surface area contributed by atoms with E-state index in [1.807, 2.05) is 6.92 Å². The zero-order valence-electron chi connectivity index (χ0n) is 34.3. The predicted octanol–water partition coefficient (Wildman–Crippen LogP) is 0.563. The van der Waals surface area contributed by atoms with Gasteiger partial charge in [0, 0.05) is 0 Å². The normalized spacial score (nSPS) is 56.9. The van der Waals surface area contributed by atoms with E-state index in [2.05, 4.69) is 34.6 Å². The van der Waals surface area contributed by atoms with Crippen LogP contribution < -0.4 is 0 Å². The number of carbonyl (C=O) groups excluding carboxylic acids is 1. The van der Waals surface area contributed by atoms with Crippen molar-refractivity contribution >= 4 is 5.97 Å². The number of esters is 1. The van der Waals surface area contributed by atoms with Crippen molar-refractivity contribution in [1.82, 2.24) is 0 Å². The van der Waals surface area contributed by atoms with Gasteiger partial charge in [0.25, 0.3) is 0 Å². The minimum absolute atomic E-state index is 0.0829. The van der Waals surface area contributed by atoms with Gasteiger partial charge in [-0.25, -0.2) is 0 Å². The van der Waals surface area contributed by atoms with Crippen molar-refractivity contribution in [2.45, 2.75) is 191 Å². The lowest BCUT2D eigenvalue weighted by atomic mass is 9.33. The van der Waals surface area contributed by atoms with Crippen LogP contribution in [0.15, 0.2) is 11.1 Å². The number of ether oxygens (including phenoxy) is 5. The molecule has 0 aromatic carbocycles. The van der Waals surface area contributed by atoms with Crippen molar-refractivity contribution in [3.8, 4) is 0 Å². The van der Waals surface area contributed by atoms with Crippen LogP contribution in [0.4, 0.5) is 0 Å². The third kappa shape index (κ3) is 5.53. The molecule has 0 unspecified atom stereocenters. The van der Waals surface area contributed by atoms with E-state index < -0.39 is 114 Å². The van der Waals surface area contributed by atoms with E-state index in [0.717, 1.165) is 24.8 Å². The van der Waals surface area contributed by atoms with E-state index in [9.17, 15) is 50.8 Å². The smallest absolute Gasteiger partial charge is 0.317 e. The van der Waals surface area contributed by atoms with Crippen LogP contribution in [0.2, 0.25) is 0 Å². The molecule has 4 aliphatic heterocycles. The lowest BCUT2D eigenvalue weighted by Crippen LogP contribution is -2.72.